The molecule has 0 atom stereocenters. The molecule has 0 unspecified atom stereocenters. The van der Waals surface area contributed by atoms with E-state index in [1.807, 2.05) is 11.3 Å². The largest absolute Gasteiger partial charge is 0.489 e. The van der Waals surface area contributed by atoms with Crippen molar-refractivity contribution >= 4 is 37.4 Å². The van der Waals surface area contributed by atoms with Crippen molar-refractivity contribution in [2.24, 2.45) is 0 Å². The third-order valence-electron chi connectivity index (χ3n) is 4.33. The Kier molecular flexibility index (Phi) is 4.84. The lowest BCUT2D eigenvalue weighted by atomic mass is 9.82. The van der Waals surface area contributed by atoms with Crippen LogP contribution in [0.5, 0.6) is 5.75 Å². The number of ether oxygens (including phenoxy) is 1. The summed E-state index contributed by atoms with van der Waals surface area (Å²) < 4.78 is 8.40. The van der Waals surface area contributed by atoms with Crippen LogP contribution in [-0.4, -0.2) is 6.61 Å². The molecule has 0 fully saturated rings. The van der Waals surface area contributed by atoms with Crippen molar-refractivity contribution in [1.82, 2.24) is 0 Å². The van der Waals surface area contributed by atoms with E-state index in [9.17, 15) is 0 Å². The zero-order valence-electron chi connectivity index (χ0n) is 14.2. The zero-order valence-corrected chi connectivity index (χ0v) is 16.6. The van der Waals surface area contributed by atoms with Crippen LogP contribution in [0.25, 0.3) is 10.1 Å². The molecule has 0 N–H and O–H groups in total. The molecule has 124 valence electrons. The molecular weight excluding hydrogens is 380 g/mol. The van der Waals surface area contributed by atoms with Gasteiger partial charge in [-0.2, -0.15) is 0 Å². The van der Waals surface area contributed by atoms with Gasteiger partial charge in [-0.25, -0.2) is 0 Å². The normalized spacial score (nSPS) is 11.7. The highest BCUT2D eigenvalue weighted by Gasteiger charge is 2.29. The van der Waals surface area contributed by atoms with Gasteiger partial charge in [0, 0.05) is 25.0 Å². The maximum atomic E-state index is 5.97. The standard InChI is InChI=1S/C21H21BrOS/c1-5-10-23-18-11-14(2)17(22)13-16(18)21(3,4)20-12-15-8-6-7-9-19(15)24-20/h5-9,11-13H,1,10H2,2-4H3. The summed E-state index contributed by atoms with van der Waals surface area (Å²) >= 11 is 5.53. The van der Waals surface area contributed by atoms with Crippen LogP contribution < -0.4 is 4.74 Å². The highest BCUT2D eigenvalue weighted by molar-refractivity contribution is 9.10. The minimum atomic E-state index is -0.142. The fourth-order valence-electron chi connectivity index (χ4n) is 2.83. The molecule has 0 aliphatic rings. The van der Waals surface area contributed by atoms with Crippen molar-refractivity contribution in [2.45, 2.75) is 26.2 Å². The van der Waals surface area contributed by atoms with E-state index in [0.717, 1.165) is 10.2 Å². The Bertz CT molecular complexity index is 859. The predicted molar refractivity (Wildman–Crippen MR) is 109 cm³/mol. The number of rotatable bonds is 5. The molecule has 0 saturated carbocycles. The molecule has 0 aliphatic heterocycles. The second-order valence-corrected chi connectivity index (χ2v) is 8.41. The molecule has 3 heteroatoms. The molecule has 0 aliphatic carbocycles. The minimum absolute atomic E-state index is 0.142. The van der Waals surface area contributed by atoms with Crippen molar-refractivity contribution in [3.05, 3.63) is 75.6 Å². The summed E-state index contributed by atoms with van der Waals surface area (Å²) in [7, 11) is 0. The van der Waals surface area contributed by atoms with E-state index in [1.54, 1.807) is 6.08 Å². The molecule has 3 aromatic rings. The van der Waals surface area contributed by atoms with Gasteiger partial charge in [-0.3, -0.25) is 0 Å². The number of fused-ring (bicyclic) bond motifs is 1. The van der Waals surface area contributed by atoms with Crippen molar-refractivity contribution in [3.8, 4) is 5.75 Å². The number of benzene rings is 2. The van der Waals surface area contributed by atoms with Crippen molar-refractivity contribution in [1.29, 1.82) is 0 Å². The quantitative estimate of drug-likeness (QED) is 0.424. The van der Waals surface area contributed by atoms with Crippen LogP contribution in [0.4, 0.5) is 0 Å². The van der Waals surface area contributed by atoms with E-state index in [2.05, 4.69) is 85.7 Å². The average Bonchev–Trinajstić information content (AvgIpc) is 3.00. The van der Waals surface area contributed by atoms with Crippen LogP contribution in [-0.2, 0) is 5.41 Å². The van der Waals surface area contributed by atoms with Crippen LogP contribution in [0, 0.1) is 6.92 Å². The van der Waals surface area contributed by atoms with Crippen LogP contribution in [0.15, 0.2) is 59.6 Å². The van der Waals surface area contributed by atoms with Gasteiger partial charge in [0.1, 0.15) is 12.4 Å². The smallest absolute Gasteiger partial charge is 0.124 e. The van der Waals surface area contributed by atoms with Crippen molar-refractivity contribution in [3.63, 3.8) is 0 Å². The van der Waals surface area contributed by atoms with Gasteiger partial charge in [0.05, 0.1) is 0 Å². The topological polar surface area (TPSA) is 9.23 Å². The second-order valence-electron chi connectivity index (χ2n) is 6.47. The molecular formula is C21H21BrOS. The lowest BCUT2D eigenvalue weighted by Gasteiger charge is -2.27. The van der Waals surface area contributed by atoms with Gasteiger partial charge < -0.3 is 4.74 Å². The summed E-state index contributed by atoms with van der Waals surface area (Å²) in [6.07, 6.45) is 1.79. The Morgan fingerprint density at radius 1 is 1.21 bits per heavy atom. The Morgan fingerprint density at radius 2 is 1.96 bits per heavy atom. The van der Waals surface area contributed by atoms with E-state index in [-0.39, 0.29) is 5.41 Å². The summed E-state index contributed by atoms with van der Waals surface area (Å²) in [5, 5.41) is 1.30. The summed E-state index contributed by atoms with van der Waals surface area (Å²) in [6.45, 7) is 10.9. The van der Waals surface area contributed by atoms with Gasteiger partial charge in [0.15, 0.2) is 0 Å². The Hall–Kier alpha value is -1.58. The van der Waals surface area contributed by atoms with Crippen LogP contribution in [0.1, 0.15) is 29.9 Å². The fraction of sp³-hybridized carbons (Fsp3) is 0.238. The third kappa shape index (κ3) is 3.15. The maximum absolute atomic E-state index is 5.97. The van der Waals surface area contributed by atoms with Gasteiger partial charge in [-0.15, -0.1) is 11.3 Å². The van der Waals surface area contributed by atoms with Crippen LogP contribution in [0.2, 0.25) is 0 Å². The summed E-state index contributed by atoms with van der Waals surface area (Å²) in [4.78, 5) is 1.34. The van der Waals surface area contributed by atoms with E-state index < -0.39 is 0 Å². The van der Waals surface area contributed by atoms with E-state index in [4.69, 9.17) is 4.74 Å². The molecule has 2 aromatic carbocycles. The molecule has 24 heavy (non-hydrogen) atoms. The van der Waals surface area contributed by atoms with Gasteiger partial charge in [0.2, 0.25) is 0 Å². The molecule has 1 heterocycles. The van der Waals surface area contributed by atoms with Gasteiger partial charge in [-0.05, 0) is 42.1 Å². The first kappa shape index (κ1) is 17.2. The highest BCUT2D eigenvalue weighted by Crippen LogP contribution is 2.43. The molecule has 1 nitrogen and oxygen atoms in total. The maximum Gasteiger partial charge on any atom is 0.124 e. The second kappa shape index (κ2) is 6.73. The number of halogens is 1. The van der Waals surface area contributed by atoms with E-state index >= 15 is 0 Å². The number of thiophene rings is 1. The summed E-state index contributed by atoms with van der Waals surface area (Å²) in [5.74, 6) is 0.929. The lowest BCUT2D eigenvalue weighted by Crippen LogP contribution is -2.19. The average molecular weight is 401 g/mol. The zero-order chi connectivity index (χ0) is 17.3. The van der Waals surface area contributed by atoms with E-state index in [1.165, 1.54) is 26.1 Å². The molecule has 0 amide bonds. The molecule has 1 aromatic heterocycles. The first-order chi connectivity index (χ1) is 11.4. The molecule has 0 radical (unpaired) electrons. The predicted octanol–water partition coefficient (Wildman–Crippen LogP) is 6.86. The summed E-state index contributed by atoms with van der Waals surface area (Å²) in [5.41, 5.74) is 2.22. The van der Waals surface area contributed by atoms with Gasteiger partial charge in [0.25, 0.3) is 0 Å². The third-order valence-corrected chi connectivity index (χ3v) is 6.63. The fourth-order valence-corrected chi connectivity index (χ4v) is 4.36. The van der Waals surface area contributed by atoms with E-state index in [0.29, 0.717) is 6.61 Å². The Labute approximate surface area is 156 Å². The Balaban J connectivity index is 2.13. The lowest BCUT2D eigenvalue weighted by molar-refractivity contribution is 0.353. The summed E-state index contributed by atoms with van der Waals surface area (Å²) in [6, 6.07) is 15.1. The van der Waals surface area contributed by atoms with Gasteiger partial charge in [-0.1, -0.05) is 60.6 Å². The number of aryl methyl sites for hydroxylation is 1. The molecule has 0 bridgehead atoms. The van der Waals surface area contributed by atoms with Gasteiger partial charge >= 0.3 is 0 Å². The number of hydrogen-bond donors (Lipinski definition) is 0. The highest BCUT2D eigenvalue weighted by atomic mass is 79.9. The first-order valence-corrected chi connectivity index (χ1v) is 9.58. The monoisotopic (exact) mass is 400 g/mol. The SMILES string of the molecule is C=CCOc1cc(C)c(Br)cc1C(C)(C)c1cc2ccccc2s1. The Morgan fingerprint density at radius 3 is 2.67 bits per heavy atom. The minimum Gasteiger partial charge on any atom is -0.489 e. The molecule has 0 saturated heterocycles. The van der Waals surface area contributed by atoms with Crippen molar-refractivity contribution < 1.29 is 4.74 Å². The van der Waals surface area contributed by atoms with Crippen LogP contribution >= 0.6 is 27.3 Å². The van der Waals surface area contributed by atoms with Crippen LogP contribution in [0.3, 0.4) is 0 Å². The molecule has 0 spiro atoms. The molecule has 3 rings (SSSR count). The first-order valence-electron chi connectivity index (χ1n) is 7.97. The van der Waals surface area contributed by atoms with Crippen molar-refractivity contribution in [2.75, 3.05) is 6.61 Å². The number of hydrogen-bond acceptors (Lipinski definition) is 2.